The molecule has 0 heterocycles. The zero-order valence-electron chi connectivity index (χ0n) is 10.9. The lowest BCUT2D eigenvalue weighted by atomic mass is 9.82. The summed E-state index contributed by atoms with van der Waals surface area (Å²) in [5, 5.41) is 12.5. The van der Waals surface area contributed by atoms with Gasteiger partial charge in [-0.2, -0.15) is 0 Å². The molecule has 0 aromatic heterocycles. The van der Waals surface area contributed by atoms with Gasteiger partial charge in [-0.15, -0.1) is 0 Å². The normalized spacial score (nSPS) is 20.9. The van der Waals surface area contributed by atoms with E-state index >= 15 is 0 Å². The Labute approximate surface area is 104 Å². The van der Waals surface area contributed by atoms with E-state index in [0.717, 1.165) is 38.5 Å². The third-order valence-corrected chi connectivity index (χ3v) is 3.58. The van der Waals surface area contributed by atoms with Gasteiger partial charge in [0.2, 0.25) is 5.91 Å². The molecule has 1 rings (SSSR count). The monoisotopic (exact) mass is 242 g/mol. The summed E-state index contributed by atoms with van der Waals surface area (Å²) in [6.07, 6.45) is 7.43. The molecule has 0 aliphatic heterocycles. The van der Waals surface area contributed by atoms with Crippen LogP contribution >= 0.6 is 0 Å². The number of hydrogen-bond acceptors (Lipinski definition) is 3. The van der Waals surface area contributed by atoms with Crippen LogP contribution in [0.3, 0.4) is 0 Å². The van der Waals surface area contributed by atoms with Crippen LogP contribution in [0.2, 0.25) is 0 Å². The van der Waals surface area contributed by atoms with E-state index < -0.39 is 0 Å². The number of carbonyl (C=O) groups excluding carboxylic acids is 1. The Hall–Kier alpha value is -0.610. The molecule has 17 heavy (non-hydrogen) atoms. The molecule has 1 amide bonds. The fourth-order valence-electron chi connectivity index (χ4n) is 2.49. The van der Waals surface area contributed by atoms with Gasteiger partial charge >= 0.3 is 0 Å². The molecule has 0 spiro atoms. The maximum absolute atomic E-state index is 11.8. The van der Waals surface area contributed by atoms with E-state index in [1.807, 2.05) is 6.92 Å². The van der Waals surface area contributed by atoms with Crippen molar-refractivity contribution in [3.63, 3.8) is 0 Å². The molecule has 1 aliphatic rings. The predicted octanol–water partition coefficient (Wildman–Crippen LogP) is 1.32. The minimum Gasteiger partial charge on any atom is -0.394 e. The summed E-state index contributed by atoms with van der Waals surface area (Å²) >= 11 is 0. The van der Waals surface area contributed by atoms with Crippen LogP contribution < -0.4 is 11.1 Å². The maximum atomic E-state index is 11.8. The van der Waals surface area contributed by atoms with E-state index in [1.165, 1.54) is 6.42 Å². The molecule has 0 aromatic rings. The van der Waals surface area contributed by atoms with Gasteiger partial charge in [0.15, 0.2) is 0 Å². The molecule has 1 atom stereocenters. The second-order valence-corrected chi connectivity index (χ2v) is 5.42. The van der Waals surface area contributed by atoms with Crippen LogP contribution in [-0.2, 0) is 4.79 Å². The van der Waals surface area contributed by atoms with Crippen molar-refractivity contribution >= 4 is 5.91 Å². The van der Waals surface area contributed by atoms with E-state index in [-0.39, 0.29) is 24.1 Å². The SMILES string of the molecule is CC(N)CCCC(=O)NC1(CO)CCCCC1. The second kappa shape index (κ2) is 6.97. The highest BCUT2D eigenvalue weighted by atomic mass is 16.3. The molecular weight excluding hydrogens is 216 g/mol. The number of aliphatic hydroxyl groups is 1. The lowest BCUT2D eigenvalue weighted by molar-refractivity contribution is -0.124. The van der Waals surface area contributed by atoms with Crippen LogP contribution in [0.1, 0.15) is 58.3 Å². The quantitative estimate of drug-likeness (QED) is 0.657. The van der Waals surface area contributed by atoms with Gasteiger partial charge < -0.3 is 16.2 Å². The Morgan fingerprint density at radius 3 is 2.59 bits per heavy atom. The van der Waals surface area contributed by atoms with Crippen molar-refractivity contribution in [2.45, 2.75) is 69.9 Å². The third-order valence-electron chi connectivity index (χ3n) is 3.58. The molecule has 4 nitrogen and oxygen atoms in total. The molecule has 0 bridgehead atoms. The topological polar surface area (TPSA) is 75.4 Å². The molecule has 1 fully saturated rings. The van der Waals surface area contributed by atoms with E-state index in [2.05, 4.69) is 5.32 Å². The number of nitrogens with two attached hydrogens (primary N) is 1. The Kier molecular flexibility index (Phi) is 5.92. The van der Waals surface area contributed by atoms with Crippen LogP contribution in [0.15, 0.2) is 0 Å². The van der Waals surface area contributed by atoms with Crippen molar-refractivity contribution < 1.29 is 9.90 Å². The van der Waals surface area contributed by atoms with E-state index in [9.17, 15) is 9.90 Å². The average Bonchev–Trinajstić information content (AvgIpc) is 2.29. The molecule has 100 valence electrons. The van der Waals surface area contributed by atoms with Crippen molar-refractivity contribution in [3.05, 3.63) is 0 Å². The van der Waals surface area contributed by atoms with Gasteiger partial charge in [-0.3, -0.25) is 4.79 Å². The summed E-state index contributed by atoms with van der Waals surface area (Å²) in [5.74, 6) is 0.0570. The minimum absolute atomic E-state index is 0.0570. The molecule has 4 N–H and O–H groups in total. The Morgan fingerprint density at radius 1 is 1.41 bits per heavy atom. The number of amides is 1. The van der Waals surface area contributed by atoms with Crippen LogP contribution in [0.4, 0.5) is 0 Å². The number of nitrogens with one attached hydrogen (secondary N) is 1. The lowest BCUT2D eigenvalue weighted by Gasteiger charge is -2.36. The summed E-state index contributed by atoms with van der Waals surface area (Å²) in [4.78, 5) is 11.8. The number of rotatable bonds is 6. The van der Waals surface area contributed by atoms with Gasteiger partial charge in [-0.05, 0) is 32.6 Å². The number of hydrogen-bond donors (Lipinski definition) is 3. The Bertz CT molecular complexity index is 236. The fraction of sp³-hybridized carbons (Fsp3) is 0.923. The molecule has 4 heteroatoms. The third kappa shape index (κ3) is 5.04. The van der Waals surface area contributed by atoms with Gasteiger partial charge in [-0.25, -0.2) is 0 Å². The van der Waals surface area contributed by atoms with Crippen molar-refractivity contribution in [1.82, 2.24) is 5.32 Å². The summed E-state index contributed by atoms with van der Waals surface area (Å²) in [7, 11) is 0. The van der Waals surface area contributed by atoms with Crippen LogP contribution in [0.5, 0.6) is 0 Å². The number of aliphatic hydroxyl groups excluding tert-OH is 1. The van der Waals surface area contributed by atoms with Crippen molar-refractivity contribution in [2.24, 2.45) is 5.73 Å². The maximum Gasteiger partial charge on any atom is 0.220 e. The molecule has 0 saturated heterocycles. The largest absolute Gasteiger partial charge is 0.394 e. The van der Waals surface area contributed by atoms with Crippen LogP contribution in [0, 0.1) is 0 Å². The summed E-state index contributed by atoms with van der Waals surface area (Å²) in [6.45, 7) is 2.01. The highest BCUT2D eigenvalue weighted by Gasteiger charge is 2.32. The second-order valence-electron chi connectivity index (χ2n) is 5.42. The molecule has 1 aliphatic carbocycles. The van der Waals surface area contributed by atoms with Crippen molar-refractivity contribution in [2.75, 3.05) is 6.61 Å². The van der Waals surface area contributed by atoms with Gasteiger partial charge in [0.1, 0.15) is 0 Å². The van der Waals surface area contributed by atoms with Gasteiger partial charge in [0, 0.05) is 12.5 Å². The van der Waals surface area contributed by atoms with Crippen LogP contribution in [0.25, 0.3) is 0 Å². The summed E-state index contributed by atoms with van der Waals surface area (Å²) in [6, 6.07) is 0.157. The summed E-state index contributed by atoms with van der Waals surface area (Å²) < 4.78 is 0. The molecule has 0 aromatic carbocycles. The smallest absolute Gasteiger partial charge is 0.220 e. The first-order chi connectivity index (χ1) is 8.08. The molecular formula is C13H26N2O2. The van der Waals surface area contributed by atoms with Gasteiger partial charge in [0.25, 0.3) is 0 Å². The highest BCUT2D eigenvalue weighted by molar-refractivity contribution is 5.76. The Balaban J connectivity index is 2.32. The average molecular weight is 242 g/mol. The minimum atomic E-state index is -0.344. The molecule has 1 saturated carbocycles. The summed E-state index contributed by atoms with van der Waals surface area (Å²) in [5.41, 5.74) is 5.30. The van der Waals surface area contributed by atoms with Crippen molar-refractivity contribution in [1.29, 1.82) is 0 Å². The van der Waals surface area contributed by atoms with E-state index in [1.54, 1.807) is 0 Å². The van der Waals surface area contributed by atoms with Gasteiger partial charge in [-0.1, -0.05) is 19.3 Å². The zero-order valence-corrected chi connectivity index (χ0v) is 10.9. The Morgan fingerprint density at radius 2 is 2.06 bits per heavy atom. The first kappa shape index (κ1) is 14.5. The van der Waals surface area contributed by atoms with Crippen molar-refractivity contribution in [3.8, 4) is 0 Å². The highest BCUT2D eigenvalue weighted by Crippen LogP contribution is 2.27. The zero-order chi connectivity index (χ0) is 12.7. The first-order valence-corrected chi connectivity index (χ1v) is 6.75. The molecule has 0 radical (unpaired) electrons. The number of carbonyl (C=O) groups is 1. The van der Waals surface area contributed by atoms with E-state index in [4.69, 9.17) is 5.73 Å². The first-order valence-electron chi connectivity index (χ1n) is 6.75. The standard InChI is InChI=1S/C13H26N2O2/c1-11(14)6-5-7-12(17)15-13(10-16)8-3-2-4-9-13/h11,16H,2-10,14H2,1H3,(H,15,17). The fourth-order valence-corrected chi connectivity index (χ4v) is 2.49. The van der Waals surface area contributed by atoms with Gasteiger partial charge in [0.05, 0.1) is 12.1 Å². The van der Waals surface area contributed by atoms with E-state index in [0.29, 0.717) is 6.42 Å². The predicted molar refractivity (Wildman–Crippen MR) is 68.5 cm³/mol. The lowest BCUT2D eigenvalue weighted by Crippen LogP contribution is -2.52. The van der Waals surface area contributed by atoms with Crippen LogP contribution in [-0.4, -0.2) is 29.2 Å². The molecule has 1 unspecified atom stereocenters.